The van der Waals surface area contributed by atoms with Crippen LogP contribution in [0, 0.1) is 0 Å². The van der Waals surface area contributed by atoms with E-state index in [2.05, 4.69) is 0 Å². The third-order valence-corrected chi connectivity index (χ3v) is 1.78. The quantitative estimate of drug-likeness (QED) is 0.685. The fraction of sp³-hybridized carbons (Fsp3) is 0.556. The Morgan fingerprint density at radius 3 is 2.24 bits per heavy atom. The first-order valence-corrected chi connectivity index (χ1v) is 4.52. The minimum Gasteiger partial charge on any atom is -0.542 e. The van der Waals surface area contributed by atoms with Gasteiger partial charge in [0, 0.05) is 14.0 Å². The van der Waals surface area contributed by atoms with Crippen LogP contribution in [0.1, 0.15) is 13.2 Å². The summed E-state index contributed by atoms with van der Waals surface area (Å²) in [4.78, 5) is 8.78. The molecule has 0 aliphatic rings. The molecule has 0 N–H and O–H groups in total. The molecule has 1 unspecified atom stereocenters. The smallest absolute Gasteiger partial charge is 0.430 e. The Labute approximate surface area is 96.0 Å². The number of imidazole rings is 1. The van der Waals surface area contributed by atoms with Crippen LogP contribution in [0.4, 0.5) is 13.2 Å². The minimum absolute atomic E-state index is 0.126. The normalized spacial score (nSPS) is 12.6. The Kier molecular flexibility index (Phi) is 5.66. The number of ether oxygens (including phenoxy) is 1. The van der Waals surface area contributed by atoms with E-state index in [1.807, 2.05) is 41.8 Å². The van der Waals surface area contributed by atoms with Gasteiger partial charge in [-0.3, -0.25) is 0 Å². The third-order valence-electron chi connectivity index (χ3n) is 1.78. The second-order valence-electron chi connectivity index (χ2n) is 3.15. The molecule has 0 aliphatic carbocycles. The van der Waals surface area contributed by atoms with Gasteiger partial charge in [0.2, 0.25) is 6.33 Å². The molecule has 0 amide bonds. The molecule has 0 spiro atoms. The monoisotopic (exact) mass is 254 g/mol. The van der Waals surface area contributed by atoms with Crippen molar-refractivity contribution in [1.82, 2.24) is 4.57 Å². The van der Waals surface area contributed by atoms with E-state index in [1.165, 1.54) is 0 Å². The Balaban J connectivity index is 0.000000325. The molecule has 98 valence electrons. The van der Waals surface area contributed by atoms with Gasteiger partial charge in [0.15, 0.2) is 6.23 Å². The molecule has 0 saturated heterocycles. The van der Waals surface area contributed by atoms with Crippen LogP contribution in [-0.4, -0.2) is 23.8 Å². The van der Waals surface area contributed by atoms with Crippen LogP contribution in [-0.2, 0) is 16.6 Å². The van der Waals surface area contributed by atoms with Gasteiger partial charge in [0.05, 0.1) is 7.05 Å². The fourth-order valence-electron chi connectivity index (χ4n) is 0.806. The molecule has 8 heteroatoms. The van der Waals surface area contributed by atoms with E-state index >= 15 is 0 Å². The van der Waals surface area contributed by atoms with Crippen molar-refractivity contribution >= 4 is 5.97 Å². The summed E-state index contributed by atoms with van der Waals surface area (Å²) in [6, 6.07) is 0. The molecular weight excluding hydrogens is 241 g/mol. The van der Waals surface area contributed by atoms with Gasteiger partial charge in [-0.15, -0.1) is 0 Å². The van der Waals surface area contributed by atoms with Crippen LogP contribution in [0.15, 0.2) is 18.7 Å². The van der Waals surface area contributed by atoms with Gasteiger partial charge in [0.25, 0.3) is 0 Å². The zero-order chi connectivity index (χ0) is 13.6. The van der Waals surface area contributed by atoms with Crippen molar-refractivity contribution in [2.75, 3.05) is 7.11 Å². The maximum atomic E-state index is 10.5. The molecule has 0 aromatic carbocycles. The molecule has 0 aliphatic heterocycles. The number of aliphatic carboxylic acids is 1. The van der Waals surface area contributed by atoms with Crippen molar-refractivity contribution < 1.29 is 32.4 Å². The summed E-state index contributed by atoms with van der Waals surface area (Å²) in [6.45, 7) is 2.00. The highest BCUT2D eigenvalue weighted by atomic mass is 19.4. The van der Waals surface area contributed by atoms with E-state index in [4.69, 9.17) is 14.6 Å². The lowest BCUT2D eigenvalue weighted by Crippen LogP contribution is -2.37. The zero-order valence-electron chi connectivity index (χ0n) is 9.56. The molecule has 5 nitrogen and oxygen atoms in total. The lowest BCUT2D eigenvalue weighted by atomic mass is 10.6. The van der Waals surface area contributed by atoms with Crippen molar-refractivity contribution in [2.45, 2.75) is 19.3 Å². The number of halogens is 3. The number of hydrogen-bond donors (Lipinski definition) is 0. The maximum Gasteiger partial charge on any atom is 0.430 e. The number of aryl methyl sites for hydroxylation is 1. The van der Waals surface area contributed by atoms with Crippen molar-refractivity contribution in [1.29, 1.82) is 0 Å². The molecular formula is C9H13F3N2O3. The first kappa shape index (κ1) is 15.4. The van der Waals surface area contributed by atoms with Crippen molar-refractivity contribution in [2.24, 2.45) is 7.05 Å². The first-order chi connectivity index (χ1) is 7.68. The summed E-state index contributed by atoms with van der Waals surface area (Å²) in [7, 11) is 3.68. The summed E-state index contributed by atoms with van der Waals surface area (Å²) < 4.78 is 40.6. The number of carbonyl (C=O) groups excluding carboxylic acids is 1. The first-order valence-electron chi connectivity index (χ1n) is 4.52. The van der Waals surface area contributed by atoms with Gasteiger partial charge in [-0.2, -0.15) is 13.2 Å². The van der Waals surface area contributed by atoms with E-state index in [1.54, 1.807) is 7.11 Å². The van der Waals surface area contributed by atoms with Crippen molar-refractivity contribution in [3.8, 4) is 0 Å². The minimum atomic E-state index is -5.19. The Morgan fingerprint density at radius 1 is 1.53 bits per heavy atom. The number of aromatic nitrogens is 2. The lowest BCUT2D eigenvalue weighted by molar-refractivity contribution is -0.671. The zero-order valence-corrected chi connectivity index (χ0v) is 9.56. The summed E-state index contributed by atoms with van der Waals surface area (Å²) in [5.74, 6) is -3.01. The highest BCUT2D eigenvalue weighted by Crippen LogP contribution is 2.11. The van der Waals surface area contributed by atoms with Gasteiger partial charge in [0.1, 0.15) is 18.4 Å². The van der Waals surface area contributed by atoms with E-state index < -0.39 is 12.1 Å². The average Bonchev–Trinajstić information content (AvgIpc) is 2.63. The highest BCUT2D eigenvalue weighted by Gasteiger charge is 2.28. The average molecular weight is 254 g/mol. The van der Waals surface area contributed by atoms with Crippen LogP contribution < -0.4 is 9.67 Å². The van der Waals surface area contributed by atoms with Gasteiger partial charge in [-0.1, -0.05) is 0 Å². The lowest BCUT2D eigenvalue weighted by Gasteiger charge is -2.03. The molecule has 0 saturated carbocycles. The largest absolute Gasteiger partial charge is 0.542 e. The molecule has 1 atom stereocenters. The molecule has 1 aromatic rings. The molecule has 1 heterocycles. The van der Waals surface area contributed by atoms with Gasteiger partial charge in [-0.05, 0) is 0 Å². The van der Waals surface area contributed by atoms with E-state index in [0.29, 0.717) is 0 Å². The van der Waals surface area contributed by atoms with E-state index in [-0.39, 0.29) is 6.23 Å². The Morgan fingerprint density at radius 2 is 2.00 bits per heavy atom. The predicted molar refractivity (Wildman–Crippen MR) is 48.4 cm³/mol. The van der Waals surface area contributed by atoms with E-state index in [9.17, 15) is 13.2 Å². The Hall–Kier alpha value is -1.57. The van der Waals surface area contributed by atoms with Gasteiger partial charge in [-0.25, -0.2) is 9.13 Å². The molecule has 1 rings (SSSR count). The number of carboxylic acids is 1. The van der Waals surface area contributed by atoms with Crippen LogP contribution in [0.3, 0.4) is 0 Å². The fourth-order valence-corrected chi connectivity index (χ4v) is 0.806. The van der Waals surface area contributed by atoms with Crippen LogP contribution in [0.5, 0.6) is 0 Å². The van der Waals surface area contributed by atoms with Crippen molar-refractivity contribution in [3.05, 3.63) is 18.7 Å². The Bertz CT molecular complexity index is 363. The number of carbonyl (C=O) groups is 1. The second kappa shape index (κ2) is 6.24. The number of methoxy groups -OCH3 is 1. The summed E-state index contributed by atoms with van der Waals surface area (Å²) in [5.41, 5.74) is 0. The van der Waals surface area contributed by atoms with Gasteiger partial charge >= 0.3 is 6.18 Å². The van der Waals surface area contributed by atoms with Crippen LogP contribution >= 0.6 is 0 Å². The molecule has 0 bridgehead atoms. The standard InChI is InChI=1S/C7H13N2O.C2HF3O2/c1-7(10-3)9-5-4-8(2)6-9;3-2(4,5)1(6)7/h4-7H,1-3H3;(H,6,7)/q+1;/p-1. The van der Waals surface area contributed by atoms with Crippen LogP contribution in [0.25, 0.3) is 0 Å². The topological polar surface area (TPSA) is 58.2 Å². The summed E-state index contributed by atoms with van der Waals surface area (Å²) >= 11 is 0. The molecule has 1 aromatic heterocycles. The number of hydrogen-bond acceptors (Lipinski definition) is 3. The SMILES string of the molecule is COC(C)n1cc[n+](C)c1.O=C([O-])C(F)(F)F. The van der Waals surface area contributed by atoms with E-state index in [0.717, 1.165) is 0 Å². The predicted octanol–water partition coefficient (Wildman–Crippen LogP) is -0.224. The summed E-state index contributed by atoms with van der Waals surface area (Å²) in [5, 5.41) is 8.78. The number of carboxylic acid groups (broad SMARTS) is 1. The number of nitrogens with zero attached hydrogens (tertiary/aromatic N) is 2. The van der Waals surface area contributed by atoms with Crippen LogP contribution in [0.2, 0.25) is 0 Å². The third kappa shape index (κ3) is 5.91. The van der Waals surface area contributed by atoms with Gasteiger partial charge < -0.3 is 14.6 Å². The maximum absolute atomic E-state index is 10.5. The number of rotatable bonds is 2. The molecule has 0 fully saturated rings. The summed E-state index contributed by atoms with van der Waals surface area (Å²) in [6.07, 6.45) is 0.874. The highest BCUT2D eigenvalue weighted by molar-refractivity contribution is 5.70. The molecule has 17 heavy (non-hydrogen) atoms. The second-order valence-corrected chi connectivity index (χ2v) is 3.15. The van der Waals surface area contributed by atoms with Crippen molar-refractivity contribution in [3.63, 3.8) is 0 Å². The number of alkyl halides is 3. The molecule has 0 radical (unpaired) electrons.